The number of amides is 1. The summed E-state index contributed by atoms with van der Waals surface area (Å²) < 4.78 is 13.4. The molecule has 0 atom stereocenters. The molecule has 1 aromatic heterocycles. The van der Waals surface area contributed by atoms with Crippen LogP contribution in [-0.2, 0) is 10.2 Å². The van der Waals surface area contributed by atoms with E-state index in [1.165, 1.54) is 17.7 Å². The van der Waals surface area contributed by atoms with Gasteiger partial charge in [0, 0.05) is 22.8 Å². The highest BCUT2D eigenvalue weighted by molar-refractivity contribution is 6.04. The van der Waals surface area contributed by atoms with Crippen LogP contribution >= 0.6 is 0 Å². The van der Waals surface area contributed by atoms with Gasteiger partial charge in [-0.25, -0.2) is 4.39 Å². The number of halogens is 1. The highest BCUT2D eigenvalue weighted by atomic mass is 19.1. The molecule has 0 aliphatic heterocycles. The van der Waals surface area contributed by atoms with Crippen LogP contribution < -0.4 is 5.32 Å². The molecule has 2 N–H and O–H groups in total. The lowest BCUT2D eigenvalue weighted by molar-refractivity contribution is -0.118. The molecule has 1 aliphatic carbocycles. The Labute approximate surface area is 146 Å². The van der Waals surface area contributed by atoms with Gasteiger partial charge in [0.15, 0.2) is 0 Å². The number of nitrogens with one attached hydrogen (secondary N) is 2. The van der Waals surface area contributed by atoms with Crippen molar-refractivity contribution in [2.45, 2.75) is 38.0 Å². The number of aromatic nitrogens is 1. The van der Waals surface area contributed by atoms with E-state index in [1.807, 2.05) is 30.5 Å². The lowest BCUT2D eigenvalue weighted by atomic mass is 9.94. The maximum Gasteiger partial charge on any atom is 0.235 e. The summed E-state index contributed by atoms with van der Waals surface area (Å²) in [5.74, 6) is 0.196. The van der Waals surface area contributed by atoms with Crippen LogP contribution in [0.15, 0.2) is 48.7 Å². The summed E-state index contributed by atoms with van der Waals surface area (Å²) in [4.78, 5) is 16.0. The van der Waals surface area contributed by atoms with Crippen molar-refractivity contribution in [3.8, 4) is 0 Å². The third kappa shape index (κ3) is 2.72. The molecule has 0 spiro atoms. The van der Waals surface area contributed by atoms with Gasteiger partial charge in [-0.1, -0.05) is 26.0 Å². The second-order valence-electron chi connectivity index (χ2n) is 7.21. The summed E-state index contributed by atoms with van der Waals surface area (Å²) in [6.45, 7) is 4.29. The van der Waals surface area contributed by atoms with E-state index in [9.17, 15) is 9.18 Å². The lowest BCUT2D eigenvalue weighted by Crippen LogP contribution is -2.27. The zero-order valence-electron chi connectivity index (χ0n) is 14.4. The van der Waals surface area contributed by atoms with E-state index in [-0.39, 0.29) is 11.7 Å². The average molecular weight is 336 g/mol. The normalized spacial score (nSPS) is 15.5. The molecule has 0 unspecified atom stereocenters. The first-order valence-corrected chi connectivity index (χ1v) is 8.68. The predicted molar refractivity (Wildman–Crippen MR) is 98.3 cm³/mol. The number of H-pyrrole nitrogens is 1. The Kier molecular flexibility index (Phi) is 3.64. The summed E-state index contributed by atoms with van der Waals surface area (Å²) >= 11 is 0. The lowest BCUT2D eigenvalue weighted by Gasteiger charge is -2.15. The van der Waals surface area contributed by atoms with Crippen LogP contribution in [0.2, 0.25) is 0 Å². The van der Waals surface area contributed by atoms with E-state index in [1.54, 1.807) is 6.07 Å². The van der Waals surface area contributed by atoms with E-state index in [0.717, 1.165) is 35.0 Å². The molecule has 128 valence electrons. The molecule has 25 heavy (non-hydrogen) atoms. The Morgan fingerprint density at radius 1 is 1.16 bits per heavy atom. The first kappa shape index (κ1) is 15.9. The van der Waals surface area contributed by atoms with Crippen LogP contribution in [0, 0.1) is 5.82 Å². The fourth-order valence-corrected chi connectivity index (χ4v) is 3.44. The minimum absolute atomic E-state index is 0.00928. The van der Waals surface area contributed by atoms with Gasteiger partial charge >= 0.3 is 0 Å². The smallest absolute Gasteiger partial charge is 0.235 e. The topological polar surface area (TPSA) is 44.9 Å². The van der Waals surface area contributed by atoms with Gasteiger partial charge in [-0.2, -0.15) is 0 Å². The molecule has 3 nitrogen and oxygen atoms in total. The molecule has 4 rings (SSSR count). The molecule has 1 amide bonds. The van der Waals surface area contributed by atoms with Crippen molar-refractivity contribution in [2.75, 3.05) is 5.32 Å². The molecule has 4 heteroatoms. The molecule has 0 radical (unpaired) electrons. The van der Waals surface area contributed by atoms with E-state index >= 15 is 0 Å². The standard InChI is InChI=1S/C21H21FN2O/c1-13(2)14-3-6-16(7-4-14)24-20(25)21(9-10-21)18-12-23-19-11-15(22)5-8-17(18)19/h3-8,11-13,23H,9-10H2,1-2H3,(H,24,25). The molecule has 1 fully saturated rings. The Morgan fingerprint density at radius 2 is 1.88 bits per heavy atom. The quantitative estimate of drug-likeness (QED) is 0.684. The molecule has 1 heterocycles. The highest BCUT2D eigenvalue weighted by Crippen LogP contribution is 2.51. The molecule has 0 saturated heterocycles. The van der Waals surface area contributed by atoms with Crippen molar-refractivity contribution >= 4 is 22.5 Å². The van der Waals surface area contributed by atoms with Gasteiger partial charge in [-0.05, 0) is 60.2 Å². The molecule has 0 bridgehead atoms. The first-order chi connectivity index (χ1) is 12.0. The number of hydrogen-bond donors (Lipinski definition) is 2. The van der Waals surface area contributed by atoms with Crippen molar-refractivity contribution in [3.63, 3.8) is 0 Å². The third-order valence-corrected chi connectivity index (χ3v) is 5.18. The largest absolute Gasteiger partial charge is 0.361 e. The van der Waals surface area contributed by atoms with Gasteiger partial charge < -0.3 is 10.3 Å². The molecular formula is C21H21FN2O. The van der Waals surface area contributed by atoms with Gasteiger partial charge in [-0.15, -0.1) is 0 Å². The summed E-state index contributed by atoms with van der Waals surface area (Å²) in [5.41, 5.74) is 3.24. The summed E-state index contributed by atoms with van der Waals surface area (Å²) in [5, 5.41) is 3.97. The summed E-state index contributed by atoms with van der Waals surface area (Å²) in [6.07, 6.45) is 3.47. The summed E-state index contributed by atoms with van der Waals surface area (Å²) in [7, 11) is 0. The van der Waals surface area contributed by atoms with Crippen molar-refractivity contribution < 1.29 is 9.18 Å². The van der Waals surface area contributed by atoms with Gasteiger partial charge in [0.25, 0.3) is 0 Å². The predicted octanol–water partition coefficient (Wildman–Crippen LogP) is 5.10. The fourth-order valence-electron chi connectivity index (χ4n) is 3.44. The Hall–Kier alpha value is -2.62. The minimum atomic E-state index is -0.507. The SMILES string of the molecule is CC(C)c1ccc(NC(=O)C2(c3c[nH]c4cc(F)ccc34)CC2)cc1. The molecule has 3 aromatic rings. The van der Waals surface area contributed by atoms with Crippen LogP contribution in [0.3, 0.4) is 0 Å². The van der Waals surface area contributed by atoms with Crippen LogP contribution in [0.5, 0.6) is 0 Å². The van der Waals surface area contributed by atoms with Crippen LogP contribution in [0.1, 0.15) is 43.7 Å². The third-order valence-electron chi connectivity index (χ3n) is 5.18. The first-order valence-electron chi connectivity index (χ1n) is 8.68. The number of rotatable bonds is 4. The number of carbonyl (C=O) groups excluding carboxylic acids is 1. The molecular weight excluding hydrogens is 315 g/mol. The van der Waals surface area contributed by atoms with E-state index in [4.69, 9.17) is 0 Å². The van der Waals surface area contributed by atoms with Gasteiger partial charge in [0.1, 0.15) is 5.82 Å². The maximum atomic E-state index is 13.4. The zero-order chi connectivity index (χ0) is 17.6. The van der Waals surface area contributed by atoms with Crippen molar-refractivity contribution in [1.82, 2.24) is 4.98 Å². The minimum Gasteiger partial charge on any atom is -0.361 e. The number of aromatic amines is 1. The van der Waals surface area contributed by atoms with E-state index in [2.05, 4.69) is 24.1 Å². The highest BCUT2D eigenvalue weighted by Gasteiger charge is 2.52. The second kappa shape index (κ2) is 5.73. The Morgan fingerprint density at radius 3 is 2.52 bits per heavy atom. The van der Waals surface area contributed by atoms with Crippen molar-refractivity contribution in [3.05, 3.63) is 65.6 Å². The van der Waals surface area contributed by atoms with Crippen LogP contribution in [-0.4, -0.2) is 10.9 Å². The van der Waals surface area contributed by atoms with Gasteiger partial charge in [0.2, 0.25) is 5.91 Å². The van der Waals surface area contributed by atoms with Crippen LogP contribution in [0.4, 0.5) is 10.1 Å². The number of anilines is 1. The number of benzene rings is 2. The zero-order valence-corrected chi connectivity index (χ0v) is 14.4. The van der Waals surface area contributed by atoms with Crippen LogP contribution in [0.25, 0.3) is 10.9 Å². The second-order valence-corrected chi connectivity index (χ2v) is 7.21. The fraction of sp³-hybridized carbons (Fsp3) is 0.286. The average Bonchev–Trinajstić information content (AvgIpc) is 3.29. The van der Waals surface area contributed by atoms with Crippen molar-refractivity contribution in [1.29, 1.82) is 0 Å². The van der Waals surface area contributed by atoms with Gasteiger partial charge in [-0.3, -0.25) is 4.79 Å². The maximum absolute atomic E-state index is 13.4. The van der Waals surface area contributed by atoms with E-state index < -0.39 is 5.41 Å². The number of carbonyl (C=O) groups is 1. The molecule has 2 aromatic carbocycles. The summed E-state index contributed by atoms with van der Waals surface area (Å²) in [6, 6.07) is 12.7. The number of hydrogen-bond acceptors (Lipinski definition) is 1. The molecule has 1 saturated carbocycles. The van der Waals surface area contributed by atoms with Crippen molar-refractivity contribution in [2.24, 2.45) is 0 Å². The molecule has 1 aliphatic rings. The van der Waals surface area contributed by atoms with Gasteiger partial charge in [0.05, 0.1) is 5.41 Å². The van der Waals surface area contributed by atoms with E-state index in [0.29, 0.717) is 5.92 Å². The monoisotopic (exact) mass is 336 g/mol. The Bertz CT molecular complexity index is 936. The number of fused-ring (bicyclic) bond motifs is 1. The Balaban J connectivity index is 1.60.